The van der Waals surface area contributed by atoms with Gasteiger partial charge in [0, 0.05) is 11.0 Å². The van der Waals surface area contributed by atoms with Gasteiger partial charge in [0.25, 0.3) is 0 Å². The van der Waals surface area contributed by atoms with Crippen LogP contribution < -0.4 is 0 Å². The molecule has 0 amide bonds. The Labute approximate surface area is 95.9 Å². The minimum atomic E-state index is -1.23. The van der Waals surface area contributed by atoms with Gasteiger partial charge in [-0.15, -0.1) is 11.3 Å². The first kappa shape index (κ1) is 12.9. The number of rotatable bonds is 5. The van der Waals surface area contributed by atoms with Crippen LogP contribution in [0.25, 0.3) is 6.08 Å². The van der Waals surface area contributed by atoms with E-state index in [1.807, 2.05) is 0 Å². The third-order valence-corrected chi connectivity index (χ3v) is 2.84. The van der Waals surface area contributed by atoms with Crippen molar-refractivity contribution in [3.63, 3.8) is 0 Å². The zero-order valence-electron chi connectivity index (χ0n) is 8.28. The van der Waals surface area contributed by atoms with Gasteiger partial charge in [-0.2, -0.15) is 0 Å². The Hall–Kier alpha value is -1.21. The Morgan fingerprint density at radius 1 is 1.50 bits per heavy atom. The maximum atomic E-state index is 10.3. The summed E-state index contributed by atoms with van der Waals surface area (Å²) in [6.45, 7) is -0.530. The maximum Gasteiger partial charge on any atom is 0.328 e. The Morgan fingerprint density at radius 3 is 2.75 bits per heavy atom. The van der Waals surface area contributed by atoms with E-state index in [0.717, 1.165) is 6.08 Å². The van der Waals surface area contributed by atoms with E-state index in [1.165, 1.54) is 17.4 Å². The summed E-state index contributed by atoms with van der Waals surface area (Å²) in [5, 5.41) is 37.4. The summed E-state index contributed by atoms with van der Waals surface area (Å²) in [6, 6.07) is 1.56. The molecule has 0 fully saturated rings. The van der Waals surface area contributed by atoms with Crippen LogP contribution in [0.15, 0.2) is 17.5 Å². The lowest BCUT2D eigenvalue weighted by atomic mass is 10.1. The first-order valence-corrected chi connectivity index (χ1v) is 5.39. The third-order valence-electron chi connectivity index (χ3n) is 1.92. The van der Waals surface area contributed by atoms with Gasteiger partial charge < -0.3 is 20.4 Å². The van der Waals surface area contributed by atoms with Crippen molar-refractivity contribution in [1.29, 1.82) is 0 Å². The monoisotopic (exact) mass is 244 g/mol. The summed E-state index contributed by atoms with van der Waals surface area (Å²) >= 11 is 1.24. The molecule has 2 unspecified atom stereocenters. The lowest BCUT2D eigenvalue weighted by Crippen LogP contribution is -2.21. The molecule has 1 aromatic heterocycles. The number of carboxylic acid groups (broad SMARTS) is 1. The molecule has 1 aromatic rings. The van der Waals surface area contributed by atoms with Crippen molar-refractivity contribution in [2.45, 2.75) is 12.2 Å². The predicted octanol–water partition coefficient (Wildman–Crippen LogP) is 0.233. The fraction of sp³-hybridized carbons (Fsp3) is 0.300. The minimum Gasteiger partial charge on any atom is -0.478 e. The van der Waals surface area contributed by atoms with Crippen molar-refractivity contribution >= 4 is 23.4 Å². The summed E-state index contributed by atoms with van der Waals surface area (Å²) in [5.74, 6) is -1.05. The maximum absolute atomic E-state index is 10.3. The van der Waals surface area contributed by atoms with Crippen LogP contribution in [-0.2, 0) is 4.79 Å². The highest BCUT2D eigenvalue weighted by Crippen LogP contribution is 2.24. The van der Waals surface area contributed by atoms with Gasteiger partial charge in [-0.3, -0.25) is 0 Å². The number of carboxylic acids is 1. The summed E-state index contributed by atoms with van der Waals surface area (Å²) in [7, 11) is 0. The van der Waals surface area contributed by atoms with Gasteiger partial charge in [0.05, 0.1) is 6.61 Å². The van der Waals surface area contributed by atoms with Crippen LogP contribution in [0.5, 0.6) is 0 Å². The number of hydrogen-bond acceptors (Lipinski definition) is 5. The normalized spacial score (nSPS) is 15.2. The summed E-state index contributed by atoms with van der Waals surface area (Å²) < 4.78 is 0. The topological polar surface area (TPSA) is 98.0 Å². The summed E-state index contributed by atoms with van der Waals surface area (Å²) in [4.78, 5) is 10.9. The summed E-state index contributed by atoms with van der Waals surface area (Å²) in [6.07, 6.45) is -0.00178. The second-order valence-electron chi connectivity index (χ2n) is 3.15. The van der Waals surface area contributed by atoms with Crippen LogP contribution in [0.3, 0.4) is 0 Å². The molecular formula is C10H12O5S. The summed E-state index contributed by atoms with van der Waals surface area (Å²) in [5.41, 5.74) is 0.455. The molecule has 0 spiro atoms. The van der Waals surface area contributed by atoms with Crippen molar-refractivity contribution in [3.05, 3.63) is 28.0 Å². The molecule has 88 valence electrons. The number of aliphatic carboxylic acids is 1. The van der Waals surface area contributed by atoms with E-state index in [-0.39, 0.29) is 0 Å². The quantitative estimate of drug-likeness (QED) is 0.556. The third kappa shape index (κ3) is 3.42. The van der Waals surface area contributed by atoms with Gasteiger partial charge in [-0.25, -0.2) is 4.79 Å². The van der Waals surface area contributed by atoms with Crippen molar-refractivity contribution in [1.82, 2.24) is 0 Å². The van der Waals surface area contributed by atoms with Crippen LogP contribution in [0.2, 0.25) is 0 Å². The predicted molar refractivity (Wildman–Crippen MR) is 59.0 cm³/mol. The Morgan fingerprint density at radius 2 is 2.19 bits per heavy atom. The van der Waals surface area contributed by atoms with Crippen LogP contribution in [0, 0.1) is 0 Å². The molecule has 1 rings (SSSR count). The van der Waals surface area contributed by atoms with Gasteiger partial charge in [-0.1, -0.05) is 0 Å². The standard InChI is InChI=1S/C10H12O5S/c11-4-8(12)10(15)6-3-7(16-5-6)1-2-9(13)14/h1-3,5,8,10-12,15H,4H2,(H,13,14)/b2-1+. The fourth-order valence-electron chi connectivity index (χ4n) is 1.09. The molecule has 0 aliphatic heterocycles. The first-order chi connectivity index (χ1) is 7.54. The van der Waals surface area contributed by atoms with Crippen LogP contribution in [-0.4, -0.2) is 39.1 Å². The number of hydrogen-bond donors (Lipinski definition) is 4. The van der Waals surface area contributed by atoms with Gasteiger partial charge in [0.15, 0.2) is 0 Å². The van der Waals surface area contributed by atoms with Crippen molar-refractivity contribution in [2.24, 2.45) is 0 Å². The second-order valence-corrected chi connectivity index (χ2v) is 4.09. The lowest BCUT2D eigenvalue weighted by molar-refractivity contribution is -0.131. The van der Waals surface area contributed by atoms with Crippen molar-refractivity contribution < 1.29 is 25.2 Å². The molecule has 6 heteroatoms. The highest BCUT2D eigenvalue weighted by Gasteiger charge is 2.18. The van der Waals surface area contributed by atoms with E-state index in [9.17, 15) is 15.0 Å². The molecular weight excluding hydrogens is 232 g/mol. The van der Waals surface area contributed by atoms with Gasteiger partial charge in [0.2, 0.25) is 0 Å². The smallest absolute Gasteiger partial charge is 0.328 e. The molecule has 0 aliphatic rings. The van der Waals surface area contributed by atoms with Crippen LogP contribution in [0.4, 0.5) is 0 Å². The van der Waals surface area contributed by atoms with E-state index in [4.69, 9.17) is 10.2 Å². The molecule has 2 atom stereocenters. The zero-order valence-corrected chi connectivity index (χ0v) is 9.09. The van der Waals surface area contributed by atoms with E-state index in [2.05, 4.69) is 0 Å². The van der Waals surface area contributed by atoms with E-state index in [0.29, 0.717) is 10.4 Å². The SMILES string of the molecule is O=C(O)/C=C/c1cc(C(O)C(O)CO)cs1. The molecule has 0 saturated carbocycles. The largest absolute Gasteiger partial charge is 0.478 e. The lowest BCUT2D eigenvalue weighted by Gasteiger charge is -2.13. The Balaban J connectivity index is 2.74. The Kier molecular flexibility index (Phi) is 4.63. The number of aliphatic hydroxyl groups is 3. The molecule has 4 N–H and O–H groups in total. The Bertz CT molecular complexity index is 384. The molecule has 0 aromatic carbocycles. The number of carbonyl (C=O) groups is 1. The highest BCUT2D eigenvalue weighted by molar-refractivity contribution is 7.11. The van der Waals surface area contributed by atoms with E-state index >= 15 is 0 Å². The average Bonchev–Trinajstić information content (AvgIpc) is 2.72. The molecule has 5 nitrogen and oxygen atoms in total. The fourth-order valence-corrected chi connectivity index (χ4v) is 1.92. The first-order valence-electron chi connectivity index (χ1n) is 4.51. The molecule has 0 radical (unpaired) electrons. The van der Waals surface area contributed by atoms with Crippen molar-refractivity contribution in [2.75, 3.05) is 6.61 Å². The van der Waals surface area contributed by atoms with E-state index in [1.54, 1.807) is 11.4 Å². The average molecular weight is 244 g/mol. The molecule has 0 saturated heterocycles. The number of thiophene rings is 1. The zero-order chi connectivity index (χ0) is 12.1. The molecule has 16 heavy (non-hydrogen) atoms. The second kappa shape index (κ2) is 5.76. The minimum absolute atomic E-state index is 0.455. The molecule has 0 bridgehead atoms. The van der Waals surface area contributed by atoms with Crippen LogP contribution in [0.1, 0.15) is 16.5 Å². The van der Waals surface area contributed by atoms with Crippen LogP contribution >= 0.6 is 11.3 Å². The number of aliphatic hydroxyl groups excluding tert-OH is 3. The van der Waals surface area contributed by atoms with E-state index < -0.39 is 24.8 Å². The highest BCUT2D eigenvalue weighted by atomic mass is 32.1. The van der Waals surface area contributed by atoms with Gasteiger partial charge >= 0.3 is 5.97 Å². The molecule has 1 heterocycles. The molecule has 0 aliphatic carbocycles. The van der Waals surface area contributed by atoms with Gasteiger partial charge in [0.1, 0.15) is 12.2 Å². The van der Waals surface area contributed by atoms with Gasteiger partial charge in [-0.05, 0) is 23.1 Å². The van der Waals surface area contributed by atoms with Crippen molar-refractivity contribution in [3.8, 4) is 0 Å².